The molecular weight excluding hydrogens is 334 g/mol. The third-order valence-electron chi connectivity index (χ3n) is 2.92. The van der Waals surface area contributed by atoms with E-state index in [0.717, 1.165) is 40.3 Å². The normalized spacial score (nSPS) is 10.6. The van der Waals surface area contributed by atoms with Crippen LogP contribution in [0.4, 0.5) is 0 Å². The molecule has 0 aliphatic carbocycles. The molecule has 5 nitrogen and oxygen atoms in total. The third kappa shape index (κ3) is 4.47. The van der Waals surface area contributed by atoms with E-state index < -0.39 is 0 Å². The second-order valence-electron chi connectivity index (χ2n) is 4.60. The molecule has 0 spiro atoms. The van der Waals surface area contributed by atoms with E-state index in [0.29, 0.717) is 13.2 Å². The smallest absolute Gasteiger partial charge is 0.175 e. The van der Waals surface area contributed by atoms with Crippen molar-refractivity contribution in [2.45, 2.75) is 26.4 Å². The lowest BCUT2D eigenvalue weighted by Crippen LogP contribution is -2.14. The van der Waals surface area contributed by atoms with Gasteiger partial charge in [0, 0.05) is 18.9 Å². The summed E-state index contributed by atoms with van der Waals surface area (Å²) in [4.78, 5) is 7.24. The van der Waals surface area contributed by atoms with Crippen LogP contribution in [-0.4, -0.2) is 23.7 Å². The van der Waals surface area contributed by atoms with E-state index in [1.807, 2.05) is 18.3 Å². The number of halogens is 1. The number of nitrogens with zero attached hydrogens (tertiary/aromatic N) is 1. The molecule has 0 aliphatic rings. The Kier molecular flexibility index (Phi) is 6.07. The van der Waals surface area contributed by atoms with Crippen LogP contribution >= 0.6 is 15.9 Å². The quantitative estimate of drug-likeness (QED) is 0.764. The molecule has 2 rings (SSSR count). The molecule has 0 unspecified atom stereocenters. The minimum atomic E-state index is 0.672. The van der Waals surface area contributed by atoms with E-state index >= 15 is 0 Å². The zero-order chi connectivity index (χ0) is 15.1. The SMILES string of the molecule is CCCOc1c(Br)cc(CNCc2ncc[nH]2)cc1OC. The van der Waals surface area contributed by atoms with Gasteiger partial charge in [0.2, 0.25) is 0 Å². The molecule has 0 saturated heterocycles. The van der Waals surface area contributed by atoms with Gasteiger partial charge in [-0.15, -0.1) is 0 Å². The molecule has 0 bridgehead atoms. The van der Waals surface area contributed by atoms with Gasteiger partial charge in [-0.25, -0.2) is 4.98 Å². The first-order chi connectivity index (χ1) is 10.2. The Balaban J connectivity index is 2.01. The molecule has 2 N–H and O–H groups in total. The van der Waals surface area contributed by atoms with Crippen molar-refractivity contribution in [3.63, 3.8) is 0 Å². The lowest BCUT2D eigenvalue weighted by molar-refractivity contribution is 0.292. The lowest BCUT2D eigenvalue weighted by Gasteiger charge is -2.14. The van der Waals surface area contributed by atoms with Gasteiger partial charge >= 0.3 is 0 Å². The van der Waals surface area contributed by atoms with Gasteiger partial charge in [0.1, 0.15) is 5.82 Å². The second-order valence-corrected chi connectivity index (χ2v) is 5.45. The van der Waals surface area contributed by atoms with Crippen molar-refractivity contribution in [2.24, 2.45) is 0 Å². The number of methoxy groups -OCH3 is 1. The van der Waals surface area contributed by atoms with Crippen molar-refractivity contribution in [1.29, 1.82) is 0 Å². The number of rotatable bonds is 8. The molecule has 6 heteroatoms. The monoisotopic (exact) mass is 353 g/mol. The fraction of sp³-hybridized carbons (Fsp3) is 0.400. The first-order valence-corrected chi connectivity index (χ1v) is 7.72. The third-order valence-corrected chi connectivity index (χ3v) is 3.51. The Hall–Kier alpha value is -1.53. The van der Waals surface area contributed by atoms with Crippen molar-refractivity contribution in [3.05, 3.63) is 40.4 Å². The predicted octanol–water partition coefficient (Wildman–Crippen LogP) is 3.26. The van der Waals surface area contributed by atoms with Gasteiger partial charge < -0.3 is 19.8 Å². The van der Waals surface area contributed by atoms with E-state index in [1.165, 1.54) is 0 Å². The summed E-state index contributed by atoms with van der Waals surface area (Å²) in [6.07, 6.45) is 4.52. The Morgan fingerprint density at radius 3 is 2.86 bits per heavy atom. The largest absolute Gasteiger partial charge is 0.493 e. The van der Waals surface area contributed by atoms with Crippen LogP contribution in [0.5, 0.6) is 11.5 Å². The van der Waals surface area contributed by atoms with E-state index in [9.17, 15) is 0 Å². The van der Waals surface area contributed by atoms with Crippen LogP contribution in [0.3, 0.4) is 0 Å². The van der Waals surface area contributed by atoms with Crippen LogP contribution in [0.25, 0.3) is 0 Å². The Morgan fingerprint density at radius 2 is 2.19 bits per heavy atom. The van der Waals surface area contributed by atoms with Crippen molar-refractivity contribution in [1.82, 2.24) is 15.3 Å². The Bertz CT molecular complexity index is 558. The number of aromatic nitrogens is 2. The molecule has 0 saturated carbocycles. The van der Waals surface area contributed by atoms with Crippen LogP contribution in [-0.2, 0) is 13.1 Å². The van der Waals surface area contributed by atoms with Crippen molar-refractivity contribution < 1.29 is 9.47 Å². The van der Waals surface area contributed by atoms with Crippen LogP contribution in [0.15, 0.2) is 29.0 Å². The molecular formula is C15H20BrN3O2. The highest BCUT2D eigenvalue weighted by atomic mass is 79.9. The number of hydrogen-bond acceptors (Lipinski definition) is 4. The first kappa shape index (κ1) is 15.9. The summed E-state index contributed by atoms with van der Waals surface area (Å²) in [5.74, 6) is 2.42. The first-order valence-electron chi connectivity index (χ1n) is 6.92. The summed E-state index contributed by atoms with van der Waals surface area (Å²) in [6, 6.07) is 4.04. The van der Waals surface area contributed by atoms with E-state index in [2.05, 4.69) is 38.1 Å². The summed E-state index contributed by atoms with van der Waals surface area (Å²) in [6.45, 7) is 4.17. The van der Waals surface area contributed by atoms with Gasteiger partial charge in [-0.05, 0) is 40.0 Å². The fourth-order valence-electron chi connectivity index (χ4n) is 1.94. The summed E-state index contributed by atoms with van der Waals surface area (Å²) in [5.41, 5.74) is 1.12. The highest BCUT2D eigenvalue weighted by Crippen LogP contribution is 2.36. The van der Waals surface area contributed by atoms with Gasteiger partial charge in [-0.3, -0.25) is 0 Å². The predicted molar refractivity (Wildman–Crippen MR) is 85.6 cm³/mol. The van der Waals surface area contributed by atoms with Crippen LogP contribution in [0.2, 0.25) is 0 Å². The standard InChI is InChI=1S/C15H20BrN3O2/c1-3-6-21-15-12(16)7-11(8-13(15)20-2)9-17-10-14-18-4-5-19-14/h4-5,7-8,17H,3,6,9-10H2,1-2H3,(H,18,19). The van der Waals surface area contributed by atoms with Gasteiger partial charge in [0.25, 0.3) is 0 Å². The molecule has 0 amide bonds. The van der Waals surface area contributed by atoms with Gasteiger partial charge in [-0.2, -0.15) is 0 Å². The topological polar surface area (TPSA) is 59.2 Å². The number of H-pyrrole nitrogens is 1. The van der Waals surface area contributed by atoms with Gasteiger partial charge in [-0.1, -0.05) is 6.92 Å². The minimum absolute atomic E-state index is 0.672. The van der Waals surface area contributed by atoms with Crippen molar-refractivity contribution >= 4 is 15.9 Å². The van der Waals surface area contributed by atoms with Gasteiger partial charge in [0.15, 0.2) is 11.5 Å². The fourth-order valence-corrected chi connectivity index (χ4v) is 2.54. The van der Waals surface area contributed by atoms with E-state index in [1.54, 1.807) is 13.3 Å². The molecule has 0 fully saturated rings. The summed E-state index contributed by atoms with van der Waals surface area (Å²) in [7, 11) is 1.65. The minimum Gasteiger partial charge on any atom is -0.493 e. The van der Waals surface area contributed by atoms with Gasteiger partial charge in [0.05, 0.1) is 24.7 Å². The molecule has 1 aromatic carbocycles. The number of nitrogens with one attached hydrogen (secondary N) is 2. The number of benzene rings is 1. The summed E-state index contributed by atoms with van der Waals surface area (Å²) >= 11 is 3.55. The summed E-state index contributed by atoms with van der Waals surface area (Å²) in [5, 5.41) is 3.33. The lowest BCUT2D eigenvalue weighted by atomic mass is 10.2. The zero-order valence-corrected chi connectivity index (χ0v) is 13.9. The van der Waals surface area contributed by atoms with Crippen molar-refractivity contribution in [3.8, 4) is 11.5 Å². The van der Waals surface area contributed by atoms with Crippen LogP contribution in [0.1, 0.15) is 24.7 Å². The van der Waals surface area contributed by atoms with Crippen LogP contribution in [0, 0.1) is 0 Å². The van der Waals surface area contributed by atoms with Crippen molar-refractivity contribution in [2.75, 3.05) is 13.7 Å². The molecule has 114 valence electrons. The molecule has 0 aliphatic heterocycles. The van der Waals surface area contributed by atoms with Crippen LogP contribution < -0.4 is 14.8 Å². The molecule has 0 radical (unpaired) electrons. The zero-order valence-electron chi connectivity index (χ0n) is 12.3. The highest BCUT2D eigenvalue weighted by molar-refractivity contribution is 9.10. The Morgan fingerprint density at radius 1 is 1.33 bits per heavy atom. The molecule has 2 aromatic rings. The molecule has 1 heterocycles. The Labute approximate surface area is 133 Å². The number of imidazole rings is 1. The summed E-state index contributed by atoms with van der Waals surface area (Å²) < 4.78 is 12.0. The molecule has 21 heavy (non-hydrogen) atoms. The molecule has 1 aromatic heterocycles. The van der Waals surface area contributed by atoms with E-state index in [-0.39, 0.29) is 0 Å². The second kappa shape index (κ2) is 8.05. The maximum Gasteiger partial charge on any atom is 0.175 e. The molecule has 0 atom stereocenters. The van der Waals surface area contributed by atoms with E-state index in [4.69, 9.17) is 9.47 Å². The number of aromatic amines is 1. The average Bonchev–Trinajstić information content (AvgIpc) is 2.99. The maximum atomic E-state index is 5.72. The average molecular weight is 354 g/mol. The maximum absolute atomic E-state index is 5.72. The number of hydrogen-bond donors (Lipinski definition) is 2. The highest BCUT2D eigenvalue weighted by Gasteiger charge is 2.11. The number of ether oxygens (including phenoxy) is 2.